The summed E-state index contributed by atoms with van der Waals surface area (Å²) in [6.45, 7) is 4.68. The molecule has 1 aromatic rings. The minimum Gasteiger partial charge on any atom is -0.480 e. The minimum atomic E-state index is -1.16. The Labute approximate surface area is 123 Å². The lowest BCUT2D eigenvalue weighted by molar-refractivity contribution is -0.139. The monoisotopic (exact) mass is 298 g/mol. The van der Waals surface area contributed by atoms with Crippen molar-refractivity contribution < 1.29 is 19.8 Å². The van der Waals surface area contributed by atoms with E-state index in [1.54, 1.807) is 0 Å². The van der Waals surface area contributed by atoms with Crippen molar-refractivity contribution in [2.75, 3.05) is 13.2 Å². The Morgan fingerprint density at radius 2 is 2.14 bits per heavy atom. The van der Waals surface area contributed by atoms with Crippen molar-refractivity contribution in [1.82, 2.24) is 20.4 Å². The van der Waals surface area contributed by atoms with Crippen LogP contribution >= 0.6 is 0 Å². The fraction of sp³-hybridized carbons (Fsp3) is 0.615. The molecule has 118 valence electrons. The number of carbonyl (C=O) groups excluding carboxylic acids is 1. The maximum absolute atomic E-state index is 11.5. The summed E-state index contributed by atoms with van der Waals surface area (Å²) in [6.07, 6.45) is 0.668. The van der Waals surface area contributed by atoms with Crippen LogP contribution in [0.4, 0.5) is 4.79 Å². The van der Waals surface area contributed by atoms with Gasteiger partial charge in [0.2, 0.25) is 0 Å². The molecule has 0 aliphatic heterocycles. The second-order valence-corrected chi connectivity index (χ2v) is 4.81. The normalized spacial score (nSPS) is 12.0. The van der Waals surface area contributed by atoms with Crippen molar-refractivity contribution in [3.63, 3.8) is 0 Å². The summed E-state index contributed by atoms with van der Waals surface area (Å²) in [5.41, 5.74) is 2.01. The van der Waals surface area contributed by atoms with Crippen LogP contribution in [0.2, 0.25) is 0 Å². The Bertz CT molecular complexity index is 487. The molecule has 0 radical (unpaired) electrons. The Hall–Kier alpha value is -2.09. The molecular formula is C13H22N4O4. The highest BCUT2D eigenvalue weighted by atomic mass is 16.4. The number of amides is 2. The summed E-state index contributed by atoms with van der Waals surface area (Å²) in [6, 6.07) is 0.349. The maximum atomic E-state index is 11.5. The third-order valence-electron chi connectivity index (χ3n) is 2.96. The van der Waals surface area contributed by atoms with Gasteiger partial charge in [-0.25, -0.2) is 9.59 Å². The lowest BCUT2D eigenvalue weighted by atomic mass is 10.2. The standard InChI is InChI=1S/C13H22N4O4/c1-9-8-10(2)17(16-9)6-3-5-14-13(21)15-11(4-7-18)12(19)20/h8,11,18H,3-7H2,1-2H3,(H,19,20)(H2,14,15,21)/t11-/m1/s1. The van der Waals surface area contributed by atoms with Crippen molar-refractivity contribution in [1.29, 1.82) is 0 Å². The number of nitrogens with one attached hydrogen (secondary N) is 2. The van der Waals surface area contributed by atoms with Crippen molar-refractivity contribution in [3.8, 4) is 0 Å². The molecule has 8 heteroatoms. The van der Waals surface area contributed by atoms with Gasteiger partial charge in [0.25, 0.3) is 0 Å². The zero-order valence-corrected chi connectivity index (χ0v) is 12.3. The van der Waals surface area contributed by atoms with Crippen molar-refractivity contribution in [2.45, 2.75) is 39.3 Å². The molecule has 8 nitrogen and oxygen atoms in total. The van der Waals surface area contributed by atoms with Crippen molar-refractivity contribution in [2.24, 2.45) is 0 Å². The predicted molar refractivity (Wildman–Crippen MR) is 76.0 cm³/mol. The van der Waals surface area contributed by atoms with E-state index in [9.17, 15) is 9.59 Å². The van der Waals surface area contributed by atoms with E-state index in [-0.39, 0.29) is 13.0 Å². The first kappa shape index (κ1) is 17.0. The van der Waals surface area contributed by atoms with Crippen LogP contribution in [0.25, 0.3) is 0 Å². The Kier molecular flexibility index (Phi) is 6.67. The average molecular weight is 298 g/mol. The summed E-state index contributed by atoms with van der Waals surface area (Å²) >= 11 is 0. The van der Waals surface area contributed by atoms with E-state index in [2.05, 4.69) is 15.7 Å². The van der Waals surface area contributed by atoms with Gasteiger partial charge in [-0.2, -0.15) is 5.10 Å². The smallest absolute Gasteiger partial charge is 0.326 e. The molecule has 4 N–H and O–H groups in total. The molecule has 0 bridgehead atoms. The number of aliphatic carboxylic acids is 1. The van der Waals surface area contributed by atoms with E-state index in [1.165, 1.54) is 0 Å². The first-order valence-corrected chi connectivity index (χ1v) is 6.83. The number of hydrogen-bond acceptors (Lipinski definition) is 4. The molecule has 1 atom stereocenters. The van der Waals surface area contributed by atoms with E-state index in [0.29, 0.717) is 19.5 Å². The van der Waals surface area contributed by atoms with Gasteiger partial charge in [-0.05, 0) is 26.3 Å². The first-order valence-electron chi connectivity index (χ1n) is 6.83. The second kappa shape index (κ2) is 8.25. The number of carboxylic acids is 1. The largest absolute Gasteiger partial charge is 0.480 e. The lowest BCUT2D eigenvalue weighted by Gasteiger charge is -2.14. The molecule has 1 rings (SSSR count). The number of carbonyl (C=O) groups is 2. The molecule has 0 fully saturated rings. The number of aryl methyl sites for hydroxylation is 3. The highest BCUT2D eigenvalue weighted by Crippen LogP contribution is 2.02. The van der Waals surface area contributed by atoms with Gasteiger partial charge in [0.05, 0.1) is 5.69 Å². The fourth-order valence-corrected chi connectivity index (χ4v) is 1.93. The highest BCUT2D eigenvalue weighted by Gasteiger charge is 2.18. The van der Waals surface area contributed by atoms with Gasteiger partial charge in [-0.3, -0.25) is 4.68 Å². The predicted octanol–water partition coefficient (Wildman–Crippen LogP) is 0.0248. The van der Waals surface area contributed by atoms with Crippen LogP contribution < -0.4 is 10.6 Å². The summed E-state index contributed by atoms with van der Waals surface area (Å²) in [5, 5.41) is 26.8. The fourth-order valence-electron chi connectivity index (χ4n) is 1.93. The van der Waals surface area contributed by atoms with Crippen molar-refractivity contribution >= 4 is 12.0 Å². The van der Waals surface area contributed by atoms with Gasteiger partial charge >= 0.3 is 12.0 Å². The number of aliphatic hydroxyl groups excluding tert-OH is 1. The quantitative estimate of drug-likeness (QED) is 0.505. The van der Waals surface area contributed by atoms with E-state index >= 15 is 0 Å². The number of rotatable bonds is 8. The van der Waals surface area contributed by atoms with Gasteiger partial charge in [0, 0.05) is 31.8 Å². The van der Waals surface area contributed by atoms with Crippen LogP contribution in [0.1, 0.15) is 24.2 Å². The Morgan fingerprint density at radius 3 is 2.67 bits per heavy atom. The number of nitrogens with zero attached hydrogens (tertiary/aromatic N) is 2. The number of urea groups is 1. The third kappa shape index (κ3) is 5.82. The van der Waals surface area contributed by atoms with Gasteiger partial charge in [-0.15, -0.1) is 0 Å². The van der Waals surface area contributed by atoms with Crippen LogP contribution in [-0.4, -0.2) is 51.2 Å². The Morgan fingerprint density at radius 1 is 1.43 bits per heavy atom. The van der Waals surface area contributed by atoms with Crippen LogP contribution in [0.3, 0.4) is 0 Å². The zero-order valence-electron chi connectivity index (χ0n) is 12.3. The van der Waals surface area contributed by atoms with Gasteiger partial charge in [0.1, 0.15) is 6.04 Å². The number of aliphatic hydroxyl groups is 1. The molecule has 21 heavy (non-hydrogen) atoms. The van der Waals surface area contributed by atoms with E-state index in [4.69, 9.17) is 10.2 Å². The van der Waals surface area contributed by atoms with Gasteiger partial charge < -0.3 is 20.8 Å². The molecule has 0 aliphatic carbocycles. The molecule has 0 spiro atoms. The van der Waals surface area contributed by atoms with Crippen LogP contribution in [0.15, 0.2) is 6.07 Å². The Balaban J connectivity index is 2.27. The van der Waals surface area contributed by atoms with Crippen LogP contribution in [0.5, 0.6) is 0 Å². The molecule has 2 amide bonds. The topological polar surface area (TPSA) is 116 Å². The molecular weight excluding hydrogens is 276 g/mol. The van der Waals surface area contributed by atoms with E-state index < -0.39 is 18.0 Å². The third-order valence-corrected chi connectivity index (χ3v) is 2.96. The maximum Gasteiger partial charge on any atom is 0.326 e. The molecule has 0 saturated carbocycles. The van der Waals surface area contributed by atoms with Crippen molar-refractivity contribution in [3.05, 3.63) is 17.5 Å². The molecule has 0 aromatic carbocycles. The SMILES string of the molecule is Cc1cc(C)n(CCCNC(=O)N[C@H](CCO)C(=O)O)n1. The summed E-state index contributed by atoms with van der Waals surface area (Å²) in [5.74, 6) is -1.16. The molecule has 1 aromatic heterocycles. The highest BCUT2D eigenvalue weighted by molar-refractivity contribution is 5.82. The zero-order chi connectivity index (χ0) is 15.8. The minimum absolute atomic E-state index is 0.0193. The summed E-state index contributed by atoms with van der Waals surface area (Å²) < 4.78 is 1.86. The van der Waals surface area contributed by atoms with E-state index in [1.807, 2.05) is 24.6 Å². The summed E-state index contributed by atoms with van der Waals surface area (Å²) in [4.78, 5) is 22.3. The van der Waals surface area contributed by atoms with E-state index in [0.717, 1.165) is 11.4 Å². The van der Waals surface area contributed by atoms with Gasteiger partial charge in [-0.1, -0.05) is 0 Å². The molecule has 0 unspecified atom stereocenters. The second-order valence-electron chi connectivity index (χ2n) is 4.81. The van der Waals surface area contributed by atoms with Gasteiger partial charge in [0.15, 0.2) is 0 Å². The molecule has 0 aliphatic rings. The summed E-state index contributed by atoms with van der Waals surface area (Å²) in [7, 11) is 0. The molecule has 0 saturated heterocycles. The molecule has 1 heterocycles. The average Bonchev–Trinajstić information content (AvgIpc) is 2.72. The first-order chi connectivity index (χ1) is 9.93. The number of carboxylic acid groups (broad SMARTS) is 1. The van der Waals surface area contributed by atoms with Crippen LogP contribution in [0, 0.1) is 13.8 Å². The lowest BCUT2D eigenvalue weighted by Crippen LogP contribution is -2.46. The van der Waals surface area contributed by atoms with Crippen LogP contribution in [-0.2, 0) is 11.3 Å². The number of hydrogen-bond donors (Lipinski definition) is 4. The number of aromatic nitrogens is 2.